The summed E-state index contributed by atoms with van der Waals surface area (Å²) in [6.07, 6.45) is 1.000. The Labute approximate surface area is 152 Å². The van der Waals surface area contributed by atoms with Gasteiger partial charge in [0.25, 0.3) is 11.5 Å². The molecule has 2 aliphatic heterocycles. The number of amides is 1. The van der Waals surface area contributed by atoms with E-state index in [0.717, 1.165) is 19.6 Å². The maximum atomic E-state index is 13.9. The van der Waals surface area contributed by atoms with Crippen LogP contribution in [0.25, 0.3) is 0 Å². The number of esters is 1. The van der Waals surface area contributed by atoms with Crippen molar-refractivity contribution in [3.8, 4) is 0 Å². The molecular weight excluding hydrogens is 363 g/mol. The Morgan fingerprint density at radius 2 is 2.08 bits per heavy atom. The van der Waals surface area contributed by atoms with E-state index in [4.69, 9.17) is 21.1 Å². The van der Waals surface area contributed by atoms with Crippen molar-refractivity contribution in [1.29, 1.82) is 0 Å². The van der Waals surface area contributed by atoms with Crippen molar-refractivity contribution in [2.24, 2.45) is 4.99 Å². The molecular formula is C18H12ClFN2O4. The largest absolute Gasteiger partial charge is 0.467 e. The van der Waals surface area contributed by atoms with Crippen LogP contribution in [0.3, 0.4) is 0 Å². The topological polar surface area (TPSA) is 77.0 Å². The van der Waals surface area contributed by atoms with Gasteiger partial charge in [-0.1, -0.05) is 29.8 Å². The van der Waals surface area contributed by atoms with E-state index < -0.39 is 28.8 Å². The van der Waals surface area contributed by atoms with Gasteiger partial charge in [0.05, 0.1) is 23.4 Å². The average molecular weight is 375 g/mol. The number of hydrogen-bond donors (Lipinski definition) is 1. The first-order valence-electron chi connectivity index (χ1n) is 7.64. The van der Waals surface area contributed by atoms with Crippen LogP contribution in [0.1, 0.15) is 11.1 Å². The van der Waals surface area contributed by atoms with Crippen molar-refractivity contribution in [3.63, 3.8) is 0 Å². The molecule has 1 spiro atoms. The van der Waals surface area contributed by atoms with Gasteiger partial charge in [-0.05, 0) is 29.8 Å². The third-order valence-electron chi connectivity index (χ3n) is 4.64. The molecule has 0 saturated carbocycles. The zero-order chi connectivity index (χ0) is 18.5. The third-order valence-corrected chi connectivity index (χ3v) is 4.96. The zero-order valence-corrected chi connectivity index (χ0v) is 14.2. The molecule has 2 aromatic carbocycles. The molecule has 26 heavy (non-hydrogen) atoms. The standard InChI is InChI=1S/C18H12ClFN2O4/c1-25-16(24)17(10-4-2-5-11(20)8-10)18(26-9-21-17)14-12(19)6-3-7-13(14)22-15(18)23/h2-9H,1H3,(H,22,23)/t17-,18+/m1/s1. The molecule has 0 fully saturated rings. The number of aliphatic imine (C=N–C) groups is 1. The Hall–Kier alpha value is -2.93. The lowest BCUT2D eigenvalue weighted by Crippen LogP contribution is -2.56. The van der Waals surface area contributed by atoms with E-state index in [1.165, 1.54) is 18.2 Å². The molecule has 1 N–H and O–H groups in total. The molecule has 8 heteroatoms. The number of halogens is 2. The second-order valence-electron chi connectivity index (χ2n) is 5.86. The molecule has 0 aliphatic carbocycles. The molecule has 1 amide bonds. The number of rotatable bonds is 2. The van der Waals surface area contributed by atoms with Gasteiger partial charge in [-0.15, -0.1) is 0 Å². The van der Waals surface area contributed by atoms with Crippen molar-refractivity contribution in [3.05, 3.63) is 64.4 Å². The van der Waals surface area contributed by atoms with E-state index >= 15 is 0 Å². The molecule has 2 heterocycles. The van der Waals surface area contributed by atoms with E-state index in [2.05, 4.69) is 10.3 Å². The molecule has 6 nitrogen and oxygen atoms in total. The second kappa shape index (κ2) is 5.54. The first-order chi connectivity index (χ1) is 12.5. The van der Waals surface area contributed by atoms with Crippen LogP contribution in [-0.4, -0.2) is 25.4 Å². The van der Waals surface area contributed by atoms with Crippen LogP contribution in [0.5, 0.6) is 0 Å². The minimum Gasteiger partial charge on any atom is -0.467 e. The van der Waals surface area contributed by atoms with Gasteiger partial charge in [-0.3, -0.25) is 4.79 Å². The van der Waals surface area contributed by atoms with Gasteiger partial charge in [0, 0.05) is 0 Å². The molecule has 0 radical (unpaired) electrons. The maximum Gasteiger partial charge on any atom is 0.343 e. The van der Waals surface area contributed by atoms with Crippen LogP contribution in [0.15, 0.2) is 47.5 Å². The predicted molar refractivity (Wildman–Crippen MR) is 91.4 cm³/mol. The van der Waals surface area contributed by atoms with Gasteiger partial charge in [-0.25, -0.2) is 14.2 Å². The van der Waals surface area contributed by atoms with Gasteiger partial charge in [-0.2, -0.15) is 0 Å². The normalized spacial score (nSPS) is 25.7. The Bertz CT molecular complexity index is 979. The number of fused-ring (bicyclic) bond motifs is 2. The summed E-state index contributed by atoms with van der Waals surface area (Å²) in [4.78, 5) is 30.1. The second-order valence-corrected chi connectivity index (χ2v) is 6.27. The van der Waals surface area contributed by atoms with E-state index in [9.17, 15) is 14.0 Å². The molecule has 0 aromatic heterocycles. The number of benzene rings is 2. The Morgan fingerprint density at radius 3 is 2.81 bits per heavy atom. The fraction of sp³-hybridized carbons (Fsp3) is 0.167. The van der Waals surface area contributed by atoms with Crippen LogP contribution >= 0.6 is 11.6 Å². The van der Waals surface area contributed by atoms with Crippen molar-refractivity contribution in [2.45, 2.75) is 11.1 Å². The minimum atomic E-state index is -1.98. The molecule has 0 bridgehead atoms. The predicted octanol–water partition coefficient (Wildman–Crippen LogP) is 2.75. The summed E-state index contributed by atoms with van der Waals surface area (Å²) >= 11 is 6.34. The highest BCUT2D eigenvalue weighted by Crippen LogP contribution is 2.57. The molecule has 132 valence electrons. The van der Waals surface area contributed by atoms with Gasteiger partial charge >= 0.3 is 5.97 Å². The third kappa shape index (κ3) is 1.83. The number of ether oxygens (including phenoxy) is 2. The summed E-state index contributed by atoms with van der Waals surface area (Å²) in [7, 11) is 1.16. The van der Waals surface area contributed by atoms with Gasteiger partial charge < -0.3 is 14.8 Å². The van der Waals surface area contributed by atoms with Crippen LogP contribution in [0, 0.1) is 5.82 Å². The van der Waals surface area contributed by atoms with E-state index in [-0.39, 0.29) is 16.1 Å². The molecule has 0 saturated heterocycles. The molecule has 2 aliphatic rings. The highest BCUT2D eigenvalue weighted by atomic mass is 35.5. The molecule has 2 aromatic rings. The van der Waals surface area contributed by atoms with Crippen molar-refractivity contribution in [2.75, 3.05) is 12.4 Å². The zero-order valence-electron chi connectivity index (χ0n) is 13.5. The lowest BCUT2D eigenvalue weighted by atomic mass is 9.71. The summed E-state index contributed by atoms with van der Waals surface area (Å²) in [5.41, 5.74) is -3.18. The van der Waals surface area contributed by atoms with Crippen LogP contribution in [0.2, 0.25) is 5.02 Å². The summed E-state index contributed by atoms with van der Waals surface area (Å²) in [5, 5.41) is 2.86. The van der Waals surface area contributed by atoms with Crippen LogP contribution < -0.4 is 5.32 Å². The monoisotopic (exact) mass is 374 g/mol. The Kier molecular flexibility index (Phi) is 3.52. The highest BCUT2D eigenvalue weighted by molar-refractivity contribution is 6.33. The maximum absolute atomic E-state index is 13.9. The average Bonchev–Trinajstić information content (AvgIpc) is 3.16. The van der Waals surface area contributed by atoms with E-state index in [1.54, 1.807) is 18.2 Å². The van der Waals surface area contributed by atoms with Gasteiger partial charge in [0.1, 0.15) is 5.82 Å². The first kappa shape index (κ1) is 16.5. The lowest BCUT2D eigenvalue weighted by Gasteiger charge is -2.36. The smallest absolute Gasteiger partial charge is 0.343 e. The van der Waals surface area contributed by atoms with E-state index in [0.29, 0.717) is 5.69 Å². The van der Waals surface area contributed by atoms with Crippen molar-refractivity contribution in [1.82, 2.24) is 0 Å². The van der Waals surface area contributed by atoms with E-state index in [1.807, 2.05) is 0 Å². The Balaban J connectivity index is 2.09. The Morgan fingerprint density at radius 1 is 1.31 bits per heavy atom. The first-order valence-corrected chi connectivity index (χ1v) is 8.01. The summed E-state index contributed by atoms with van der Waals surface area (Å²) in [6.45, 7) is 0. The summed E-state index contributed by atoms with van der Waals surface area (Å²) in [5.74, 6) is -2.12. The summed E-state index contributed by atoms with van der Waals surface area (Å²) in [6, 6.07) is 10.1. The number of anilines is 1. The summed E-state index contributed by atoms with van der Waals surface area (Å²) < 4.78 is 24.5. The number of methoxy groups -OCH3 is 1. The van der Waals surface area contributed by atoms with Crippen LogP contribution in [0.4, 0.5) is 10.1 Å². The van der Waals surface area contributed by atoms with Gasteiger partial charge in [0.2, 0.25) is 5.54 Å². The number of nitrogens with zero attached hydrogens (tertiary/aromatic N) is 1. The fourth-order valence-corrected chi connectivity index (χ4v) is 3.89. The van der Waals surface area contributed by atoms with Gasteiger partial charge in [0.15, 0.2) is 6.40 Å². The number of nitrogens with one attached hydrogen (secondary N) is 1. The number of hydrogen-bond acceptors (Lipinski definition) is 5. The molecule has 2 atom stereocenters. The fourth-order valence-electron chi connectivity index (χ4n) is 3.58. The SMILES string of the molecule is COC(=O)[C@@]1(c2cccc(F)c2)N=CO[C@@]12C(=O)Nc1cccc(Cl)c12. The quantitative estimate of drug-likeness (QED) is 0.820. The molecule has 4 rings (SSSR count). The number of carbonyl (C=O) groups excluding carboxylic acids is 2. The van der Waals surface area contributed by atoms with Crippen molar-refractivity contribution >= 4 is 35.6 Å². The van der Waals surface area contributed by atoms with Crippen LogP contribution in [-0.2, 0) is 30.2 Å². The number of carbonyl (C=O) groups is 2. The highest BCUT2D eigenvalue weighted by Gasteiger charge is 2.72. The minimum absolute atomic E-state index is 0.112. The molecule has 0 unspecified atom stereocenters. The lowest BCUT2D eigenvalue weighted by molar-refractivity contribution is -0.161. The van der Waals surface area contributed by atoms with Crippen molar-refractivity contribution < 1.29 is 23.5 Å².